The zero-order chi connectivity index (χ0) is 15.6. The van der Waals surface area contributed by atoms with Crippen LogP contribution in [-0.2, 0) is 4.74 Å². The lowest BCUT2D eigenvalue weighted by Crippen LogP contribution is -2.06. The fourth-order valence-electron chi connectivity index (χ4n) is 2.45. The topological polar surface area (TPSA) is 79.4 Å². The van der Waals surface area contributed by atoms with E-state index in [1.165, 1.54) is 0 Å². The molecule has 0 aliphatic heterocycles. The highest BCUT2D eigenvalue weighted by atomic mass is 16.5. The number of aromatic nitrogens is 1. The molecule has 0 spiro atoms. The van der Waals surface area contributed by atoms with Gasteiger partial charge in [0.1, 0.15) is 5.69 Å². The molecule has 5 heteroatoms. The number of hydrogen-bond donors (Lipinski definition) is 2. The van der Waals surface area contributed by atoms with Crippen molar-refractivity contribution in [1.29, 1.82) is 0 Å². The highest BCUT2D eigenvalue weighted by molar-refractivity contribution is 5.99. The minimum atomic E-state index is -0.997. The number of carbonyl (C=O) groups is 2. The van der Waals surface area contributed by atoms with Gasteiger partial charge in [0.2, 0.25) is 0 Å². The van der Waals surface area contributed by atoms with Gasteiger partial charge in [-0.3, -0.25) is 0 Å². The summed E-state index contributed by atoms with van der Waals surface area (Å²) in [5.41, 5.74) is 3.33. The number of carbonyl (C=O) groups excluding carboxylic acids is 1. The van der Waals surface area contributed by atoms with Gasteiger partial charge in [-0.2, -0.15) is 0 Å². The number of hydrogen-bond acceptors (Lipinski definition) is 3. The second-order valence-electron chi connectivity index (χ2n) is 4.70. The van der Waals surface area contributed by atoms with E-state index in [4.69, 9.17) is 4.74 Å². The summed E-state index contributed by atoms with van der Waals surface area (Å²) in [5, 5.41) is 9.31. The van der Waals surface area contributed by atoms with Gasteiger partial charge in [-0.1, -0.05) is 18.2 Å². The van der Waals surface area contributed by atoms with E-state index in [-0.39, 0.29) is 12.2 Å². The van der Waals surface area contributed by atoms with Gasteiger partial charge in [0, 0.05) is 11.3 Å². The van der Waals surface area contributed by atoms with Crippen LogP contribution in [-0.4, -0.2) is 28.6 Å². The van der Waals surface area contributed by atoms with Crippen LogP contribution in [0.15, 0.2) is 24.3 Å². The summed E-state index contributed by atoms with van der Waals surface area (Å²) >= 11 is 0. The largest absolute Gasteiger partial charge is 0.478 e. The van der Waals surface area contributed by atoms with Gasteiger partial charge in [0.25, 0.3) is 0 Å². The van der Waals surface area contributed by atoms with Crippen molar-refractivity contribution in [1.82, 2.24) is 4.98 Å². The van der Waals surface area contributed by atoms with E-state index >= 15 is 0 Å². The first-order chi connectivity index (χ1) is 9.97. The quantitative estimate of drug-likeness (QED) is 0.846. The van der Waals surface area contributed by atoms with E-state index in [9.17, 15) is 14.7 Å². The lowest BCUT2D eigenvalue weighted by molar-refractivity contribution is 0.0519. The summed E-state index contributed by atoms with van der Waals surface area (Å²) in [5.74, 6) is -1.43. The first-order valence-corrected chi connectivity index (χ1v) is 6.66. The Morgan fingerprint density at radius 1 is 1.24 bits per heavy atom. The molecule has 0 radical (unpaired) electrons. The van der Waals surface area contributed by atoms with Crippen molar-refractivity contribution in [3.05, 3.63) is 46.8 Å². The van der Waals surface area contributed by atoms with Crippen molar-refractivity contribution in [3.8, 4) is 11.1 Å². The molecule has 0 saturated carbocycles. The number of nitrogens with one attached hydrogen (secondary N) is 1. The van der Waals surface area contributed by atoms with Gasteiger partial charge in [0.05, 0.1) is 12.2 Å². The van der Waals surface area contributed by atoms with Crippen LogP contribution < -0.4 is 0 Å². The SMILES string of the molecule is CCOC(=O)c1[nH]c(C)c(-c2ccccc2C(=O)O)c1C. The van der Waals surface area contributed by atoms with Gasteiger partial charge in [-0.05, 0) is 38.0 Å². The smallest absolute Gasteiger partial charge is 0.355 e. The first kappa shape index (κ1) is 14.8. The number of carboxylic acid groups (broad SMARTS) is 1. The number of esters is 1. The molecule has 2 rings (SSSR count). The van der Waals surface area contributed by atoms with Crippen LogP contribution in [0.4, 0.5) is 0 Å². The highest BCUT2D eigenvalue weighted by Gasteiger charge is 2.22. The van der Waals surface area contributed by atoms with Crippen LogP contribution in [0, 0.1) is 13.8 Å². The molecule has 1 aromatic heterocycles. The van der Waals surface area contributed by atoms with E-state index in [0.29, 0.717) is 16.8 Å². The Bertz CT molecular complexity index is 700. The van der Waals surface area contributed by atoms with E-state index < -0.39 is 11.9 Å². The molecule has 0 amide bonds. The summed E-state index contributed by atoms with van der Waals surface area (Å²) in [6.07, 6.45) is 0. The van der Waals surface area contributed by atoms with E-state index in [0.717, 1.165) is 11.3 Å². The number of ether oxygens (including phenoxy) is 1. The normalized spacial score (nSPS) is 10.4. The Morgan fingerprint density at radius 2 is 1.90 bits per heavy atom. The Hall–Kier alpha value is -2.56. The Morgan fingerprint density at radius 3 is 2.52 bits per heavy atom. The third kappa shape index (κ3) is 2.67. The van der Waals surface area contributed by atoms with E-state index in [1.54, 1.807) is 38.1 Å². The maximum atomic E-state index is 11.9. The summed E-state index contributed by atoms with van der Waals surface area (Å²) in [7, 11) is 0. The van der Waals surface area contributed by atoms with Crippen LogP contribution in [0.5, 0.6) is 0 Å². The Balaban J connectivity index is 2.61. The fraction of sp³-hybridized carbons (Fsp3) is 0.250. The number of aryl methyl sites for hydroxylation is 1. The molecule has 0 unspecified atom stereocenters. The Kier molecular flexibility index (Phi) is 4.12. The van der Waals surface area contributed by atoms with E-state index in [2.05, 4.69) is 4.98 Å². The first-order valence-electron chi connectivity index (χ1n) is 6.66. The Labute approximate surface area is 122 Å². The molecule has 5 nitrogen and oxygen atoms in total. The summed E-state index contributed by atoms with van der Waals surface area (Å²) in [6.45, 7) is 5.62. The monoisotopic (exact) mass is 287 g/mol. The van der Waals surface area contributed by atoms with Gasteiger partial charge in [0.15, 0.2) is 0 Å². The lowest BCUT2D eigenvalue weighted by Gasteiger charge is -2.07. The second kappa shape index (κ2) is 5.83. The number of aromatic amines is 1. The van der Waals surface area contributed by atoms with Crippen LogP contribution in [0.25, 0.3) is 11.1 Å². The minimum Gasteiger partial charge on any atom is -0.478 e. The number of benzene rings is 1. The van der Waals surface area contributed by atoms with Gasteiger partial charge in [-0.15, -0.1) is 0 Å². The molecule has 2 aromatic rings. The van der Waals surface area contributed by atoms with Crippen LogP contribution in [0.3, 0.4) is 0 Å². The van der Waals surface area contributed by atoms with Gasteiger partial charge < -0.3 is 14.8 Å². The van der Waals surface area contributed by atoms with Crippen molar-refractivity contribution < 1.29 is 19.4 Å². The van der Waals surface area contributed by atoms with Crippen molar-refractivity contribution in [3.63, 3.8) is 0 Å². The maximum absolute atomic E-state index is 11.9. The predicted octanol–water partition coefficient (Wildman–Crippen LogP) is 3.17. The number of aromatic carboxylic acids is 1. The van der Waals surface area contributed by atoms with Crippen LogP contribution >= 0.6 is 0 Å². The molecule has 0 fully saturated rings. The number of H-pyrrole nitrogens is 1. The fourth-order valence-corrected chi connectivity index (χ4v) is 2.45. The molecule has 1 heterocycles. The average Bonchev–Trinajstić information content (AvgIpc) is 2.74. The highest BCUT2D eigenvalue weighted by Crippen LogP contribution is 2.32. The second-order valence-corrected chi connectivity index (χ2v) is 4.70. The van der Waals surface area contributed by atoms with Crippen LogP contribution in [0.2, 0.25) is 0 Å². The van der Waals surface area contributed by atoms with Crippen LogP contribution in [0.1, 0.15) is 39.0 Å². The number of rotatable bonds is 4. The molecule has 1 aromatic carbocycles. The lowest BCUT2D eigenvalue weighted by atomic mass is 9.96. The van der Waals surface area contributed by atoms with Crippen molar-refractivity contribution >= 4 is 11.9 Å². The molecule has 21 heavy (non-hydrogen) atoms. The van der Waals surface area contributed by atoms with Crippen molar-refractivity contribution in [2.75, 3.05) is 6.61 Å². The third-order valence-electron chi connectivity index (χ3n) is 3.34. The molecule has 110 valence electrons. The van der Waals surface area contributed by atoms with Gasteiger partial charge >= 0.3 is 11.9 Å². The zero-order valence-corrected chi connectivity index (χ0v) is 12.2. The molecular formula is C16H17NO4. The minimum absolute atomic E-state index is 0.207. The molecule has 0 saturated heterocycles. The summed E-state index contributed by atoms with van der Waals surface area (Å²) in [4.78, 5) is 26.3. The van der Waals surface area contributed by atoms with Gasteiger partial charge in [-0.25, -0.2) is 9.59 Å². The average molecular weight is 287 g/mol. The molecule has 0 aliphatic rings. The van der Waals surface area contributed by atoms with Crippen molar-refractivity contribution in [2.45, 2.75) is 20.8 Å². The molecule has 2 N–H and O–H groups in total. The summed E-state index contributed by atoms with van der Waals surface area (Å²) in [6, 6.07) is 6.74. The number of carboxylic acids is 1. The molecule has 0 aliphatic carbocycles. The zero-order valence-electron chi connectivity index (χ0n) is 12.2. The molecule has 0 bridgehead atoms. The standard InChI is InChI=1S/C16H17NO4/c1-4-21-16(20)14-9(2)13(10(3)17-14)11-7-5-6-8-12(11)15(18)19/h5-8,17H,4H2,1-3H3,(H,18,19). The maximum Gasteiger partial charge on any atom is 0.355 e. The predicted molar refractivity (Wildman–Crippen MR) is 78.6 cm³/mol. The molecular weight excluding hydrogens is 270 g/mol. The molecule has 0 atom stereocenters. The third-order valence-corrected chi connectivity index (χ3v) is 3.34. The van der Waals surface area contributed by atoms with Crippen molar-refractivity contribution in [2.24, 2.45) is 0 Å². The van der Waals surface area contributed by atoms with E-state index in [1.807, 2.05) is 6.92 Å². The summed E-state index contributed by atoms with van der Waals surface area (Å²) < 4.78 is 5.00.